The zero-order valence-electron chi connectivity index (χ0n) is 13.9. The van der Waals surface area contributed by atoms with Crippen molar-refractivity contribution in [1.82, 2.24) is 9.97 Å². The van der Waals surface area contributed by atoms with Crippen molar-refractivity contribution in [2.75, 3.05) is 11.1 Å². The second-order valence-corrected chi connectivity index (χ2v) is 7.57. The van der Waals surface area contributed by atoms with Crippen LogP contribution in [0, 0.1) is 13.8 Å². The molecule has 3 aromatic rings. The van der Waals surface area contributed by atoms with Crippen LogP contribution in [-0.2, 0) is 5.75 Å². The molecule has 0 radical (unpaired) electrons. The van der Waals surface area contributed by atoms with Gasteiger partial charge in [-0.1, -0.05) is 6.07 Å². The van der Waals surface area contributed by atoms with Crippen LogP contribution < -0.4 is 11.1 Å². The quantitative estimate of drug-likeness (QED) is 0.655. The first kappa shape index (κ1) is 17.4. The third-order valence-electron chi connectivity index (χ3n) is 3.42. The first-order chi connectivity index (χ1) is 12.0. The highest BCUT2D eigenvalue weighted by molar-refractivity contribution is 7.98. The minimum Gasteiger partial charge on any atom is -0.368 e. The van der Waals surface area contributed by atoms with E-state index in [0.717, 1.165) is 27.4 Å². The molecule has 2 heterocycles. The molecule has 7 heteroatoms. The molecule has 0 bridgehead atoms. The van der Waals surface area contributed by atoms with E-state index in [1.165, 1.54) is 11.3 Å². The highest BCUT2D eigenvalue weighted by Crippen LogP contribution is 2.30. The Labute approximate surface area is 154 Å². The number of aromatic nitrogens is 2. The number of thioether (sulfide) groups is 1. The zero-order chi connectivity index (χ0) is 17.8. The first-order valence-electron chi connectivity index (χ1n) is 7.68. The van der Waals surface area contributed by atoms with Gasteiger partial charge in [0.2, 0.25) is 5.95 Å². The Morgan fingerprint density at radius 3 is 2.72 bits per heavy atom. The van der Waals surface area contributed by atoms with Gasteiger partial charge in [-0.05, 0) is 54.6 Å². The fourth-order valence-electron chi connectivity index (χ4n) is 2.46. The van der Waals surface area contributed by atoms with Gasteiger partial charge < -0.3 is 11.1 Å². The molecule has 0 aliphatic carbocycles. The summed E-state index contributed by atoms with van der Waals surface area (Å²) in [6, 6.07) is 9.79. The number of benzene rings is 1. The number of amides is 1. The van der Waals surface area contributed by atoms with E-state index in [-0.39, 0.29) is 11.9 Å². The number of carbonyl (C=O) groups is 1. The van der Waals surface area contributed by atoms with Crippen molar-refractivity contribution in [2.24, 2.45) is 0 Å². The van der Waals surface area contributed by atoms with Crippen molar-refractivity contribution >= 4 is 40.6 Å². The topological polar surface area (TPSA) is 80.9 Å². The highest BCUT2D eigenvalue weighted by atomic mass is 32.2. The van der Waals surface area contributed by atoms with Crippen molar-refractivity contribution < 1.29 is 4.79 Å². The number of nitrogen functional groups attached to an aromatic ring is 1. The number of hydrogen-bond donors (Lipinski definition) is 2. The molecule has 1 amide bonds. The molecule has 0 saturated carbocycles. The average Bonchev–Trinajstić information content (AvgIpc) is 3.00. The number of anilines is 2. The zero-order valence-corrected chi connectivity index (χ0v) is 15.6. The lowest BCUT2D eigenvalue weighted by molar-refractivity contribution is 0.102. The fraction of sp³-hybridized carbons (Fsp3) is 0.167. The van der Waals surface area contributed by atoms with E-state index < -0.39 is 0 Å². The molecule has 0 aliphatic rings. The summed E-state index contributed by atoms with van der Waals surface area (Å²) in [5.74, 6) is 0.800. The van der Waals surface area contributed by atoms with Crippen molar-refractivity contribution in [3.05, 3.63) is 63.6 Å². The number of aryl methyl sites for hydroxylation is 2. The summed E-state index contributed by atoms with van der Waals surface area (Å²) >= 11 is 3.00. The van der Waals surface area contributed by atoms with Crippen molar-refractivity contribution in [3.8, 4) is 0 Å². The van der Waals surface area contributed by atoms with Crippen LogP contribution in [0.25, 0.3) is 0 Å². The largest absolute Gasteiger partial charge is 0.368 e. The average molecular weight is 371 g/mol. The molecule has 0 atom stereocenters. The predicted octanol–water partition coefficient (Wildman–Crippen LogP) is 4.28. The lowest BCUT2D eigenvalue weighted by Gasteiger charge is -2.08. The van der Waals surface area contributed by atoms with Crippen LogP contribution in [-0.4, -0.2) is 15.9 Å². The van der Waals surface area contributed by atoms with Crippen LogP contribution >= 0.6 is 23.1 Å². The van der Waals surface area contributed by atoms with Crippen molar-refractivity contribution in [3.63, 3.8) is 0 Å². The number of nitrogens with zero attached hydrogens (tertiary/aromatic N) is 2. The molecular weight excluding hydrogens is 352 g/mol. The van der Waals surface area contributed by atoms with E-state index in [1.807, 2.05) is 43.5 Å². The highest BCUT2D eigenvalue weighted by Gasteiger charge is 2.14. The van der Waals surface area contributed by atoms with E-state index in [4.69, 9.17) is 5.73 Å². The van der Waals surface area contributed by atoms with Crippen molar-refractivity contribution in [2.45, 2.75) is 24.5 Å². The maximum absolute atomic E-state index is 12.6. The molecule has 0 fully saturated rings. The van der Waals surface area contributed by atoms with Crippen LogP contribution in [0.3, 0.4) is 0 Å². The summed E-state index contributed by atoms with van der Waals surface area (Å²) < 4.78 is 0. The predicted molar refractivity (Wildman–Crippen MR) is 104 cm³/mol. The Morgan fingerprint density at radius 1 is 1.24 bits per heavy atom. The summed E-state index contributed by atoms with van der Waals surface area (Å²) in [6.45, 7) is 4.03. The molecule has 3 rings (SSSR count). The van der Waals surface area contributed by atoms with Gasteiger partial charge in [-0.25, -0.2) is 9.97 Å². The third-order valence-corrected chi connectivity index (χ3v) is 5.56. The summed E-state index contributed by atoms with van der Waals surface area (Å²) in [5.41, 5.74) is 9.50. The van der Waals surface area contributed by atoms with Gasteiger partial charge >= 0.3 is 0 Å². The van der Waals surface area contributed by atoms with Gasteiger partial charge in [-0.3, -0.25) is 4.79 Å². The molecule has 0 spiro atoms. The smallest absolute Gasteiger partial charge is 0.266 e. The SMILES string of the molecule is Cc1cc(C)cc(NC(=O)c2sccc2SCc2ccnc(N)n2)c1. The van der Waals surface area contributed by atoms with Crippen LogP contribution in [0.1, 0.15) is 26.5 Å². The maximum Gasteiger partial charge on any atom is 0.266 e. The van der Waals surface area contributed by atoms with E-state index in [0.29, 0.717) is 10.6 Å². The second kappa shape index (κ2) is 7.67. The van der Waals surface area contributed by atoms with Crippen LogP contribution in [0.15, 0.2) is 46.8 Å². The van der Waals surface area contributed by atoms with Gasteiger partial charge in [-0.2, -0.15) is 0 Å². The molecule has 1 aromatic carbocycles. The number of thiophene rings is 1. The first-order valence-corrected chi connectivity index (χ1v) is 9.55. The summed E-state index contributed by atoms with van der Waals surface area (Å²) in [7, 11) is 0. The molecule has 0 aliphatic heterocycles. The van der Waals surface area contributed by atoms with Gasteiger partial charge in [0.1, 0.15) is 4.88 Å². The molecule has 0 unspecified atom stereocenters. The van der Waals surface area contributed by atoms with Gasteiger partial charge in [0.05, 0.1) is 5.69 Å². The van der Waals surface area contributed by atoms with E-state index in [1.54, 1.807) is 18.0 Å². The minimum absolute atomic E-state index is 0.0929. The summed E-state index contributed by atoms with van der Waals surface area (Å²) in [6.07, 6.45) is 1.64. The maximum atomic E-state index is 12.6. The van der Waals surface area contributed by atoms with Gasteiger partial charge in [0.25, 0.3) is 5.91 Å². The Morgan fingerprint density at radius 2 is 2.00 bits per heavy atom. The molecule has 3 N–H and O–H groups in total. The Hall–Kier alpha value is -2.38. The number of nitrogens with two attached hydrogens (primary N) is 1. The van der Waals surface area contributed by atoms with Gasteiger partial charge in [-0.15, -0.1) is 23.1 Å². The Kier molecular flexibility index (Phi) is 5.35. The standard InChI is InChI=1S/C18H18N4OS2/c1-11-7-12(2)9-14(8-11)21-17(23)16-15(4-6-24-16)25-10-13-3-5-20-18(19)22-13/h3-9H,10H2,1-2H3,(H,21,23)(H2,19,20,22). The van der Waals surface area contributed by atoms with Crippen LogP contribution in [0.5, 0.6) is 0 Å². The normalized spacial score (nSPS) is 10.6. The third kappa shape index (κ3) is 4.58. The van der Waals surface area contributed by atoms with E-state index in [9.17, 15) is 4.79 Å². The van der Waals surface area contributed by atoms with E-state index >= 15 is 0 Å². The minimum atomic E-state index is -0.0929. The fourth-order valence-corrected chi connectivity index (χ4v) is 4.40. The molecule has 5 nitrogen and oxygen atoms in total. The van der Waals surface area contributed by atoms with Crippen LogP contribution in [0.4, 0.5) is 11.6 Å². The second-order valence-electron chi connectivity index (χ2n) is 5.64. The van der Waals surface area contributed by atoms with Gasteiger partial charge in [0.15, 0.2) is 0 Å². The van der Waals surface area contributed by atoms with Crippen molar-refractivity contribution in [1.29, 1.82) is 0 Å². The molecule has 128 valence electrons. The monoisotopic (exact) mass is 370 g/mol. The Balaban J connectivity index is 1.71. The lowest BCUT2D eigenvalue weighted by atomic mass is 10.1. The molecule has 2 aromatic heterocycles. The summed E-state index contributed by atoms with van der Waals surface area (Å²) in [5, 5.41) is 4.91. The summed E-state index contributed by atoms with van der Waals surface area (Å²) in [4.78, 5) is 22.3. The lowest BCUT2D eigenvalue weighted by Crippen LogP contribution is -2.11. The Bertz CT molecular complexity index is 887. The van der Waals surface area contributed by atoms with Gasteiger partial charge in [0, 0.05) is 22.5 Å². The van der Waals surface area contributed by atoms with Crippen LogP contribution in [0.2, 0.25) is 0 Å². The van der Waals surface area contributed by atoms with E-state index in [2.05, 4.69) is 21.4 Å². The molecule has 0 saturated heterocycles. The number of rotatable bonds is 5. The number of hydrogen-bond acceptors (Lipinski definition) is 6. The molecular formula is C18H18N4OS2. The number of nitrogens with one attached hydrogen (secondary N) is 1. The molecule has 25 heavy (non-hydrogen) atoms. The number of carbonyl (C=O) groups excluding carboxylic acids is 1.